The van der Waals surface area contributed by atoms with Crippen LogP contribution in [-0.2, 0) is 19.4 Å². The van der Waals surface area contributed by atoms with Crippen LogP contribution < -0.4 is 0 Å². The maximum Gasteiger partial charge on any atom is 0.269 e. The third-order valence-corrected chi connectivity index (χ3v) is 6.83. The van der Waals surface area contributed by atoms with Crippen LogP contribution in [0.1, 0.15) is 40.4 Å². The van der Waals surface area contributed by atoms with Gasteiger partial charge in [-0.2, -0.15) is 4.52 Å². The molecule has 158 valence electrons. The van der Waals surface area contributed by atoms with Crippen molar-refractivity contribution in [3.8, 4) is 5.88 Å². The molecule has 1 atom stereocenters. The average molecular weight is 436 g/mol. The summed E-state index contributed by atoms with van der Waals surface area (Å²) in [7, 11) is 0. The fourth-order valence-corrected chi connectivity index (χ4v) is 5.30. The minimum Gasteiger partial charge on any atom is -0.492 e. The first kappa shape index (κ1) is 19.7. The summed E-state index contributed by atoms with van der Waals surface area (Å²) in [6.45, 7) is 3.51. The number of hydrogen-bond donors (Lipinski definition) is 1. The van der Waals surface area contributed by atoms with Gasteiger partial charge in [0.1, 0.15) is 0 Å². The Morgan fingerprint density at radius 3 is 2.61 bits per heavy atom. The Morgan fingerprint density at radius 1 is 1.19 bits per heavy atom. The van der Waals surface area contributed by atoms with Gasteiger partial charge in [0.25, 0.3) is 5.69 Å². The average Bonchev–Trinajstić information content (AvgIpc) is 3.33. The quantitative estimate of drug-likeness (QED) is 0.374. The molecule has 0 saturated carbocycles. The summed E-state index contributed by atoms with van der Waals surface area (Å²) in [4.78, 5) is 18.9. The summed E-state index contributed by atoms with van der Waals surface area (Å²) in [5.41, 5.74) is 3.53. The SMILES string of the molecule is CCc1nc2sc([C@H](c3ccc([N+](=O)[O-])cc3)N3CCc4ccccc4C3)c(O)n2n1. The Kier molecular flexibility index (Phi) is 4.91. The van der Waals surface area contributed by atoms with E-state index >= 15 is 0 Å². The fourth-order valence-electron chi connectivity index (χ4n) is 4.16. The smallest absolute Gasteiger partial charge is 0.269 e. The molecule has 0 fully saturated rings. The predicted molar refractivity (Wildman–Crippen MR) is 117 cm³/mol. The van der Waals surface area contributed by atoms with Gasteiger partial charge in [0.2, 0.25) is 10.8 Å². The molecule has 3 heterocycles. The fraction of sp³-hybridized carbons (Fsp3) is 0.273. The molecule has 9 heteroatoms. The topological polar surface area (TPSA) is 96.8 Å². The molecular weight excluding hydrogens is 414 g/mol. The lowest BCUT2D eigenvalue weighted by Crippen LogP contribution is -2.34. The van der Waals surface area contributed by atoms with Crippen molar-refractivity contribution in [3.05, 3.63) is 86.0 Å². The van der Waals surface area contributed by atoms with Crippen LogP contribution in [0, 0.1) is 10.1 Å². The summed E-state index contributed by atoms with van der Waals surface area (Å²) in [6, 6.07) is 14.7. The van der Waals surface area contributed by atoms with E-state index in [2.05, 4.69) is 33.2 Å². The first-order valence-corrected chi connectivity index (χ1v) is 11.0. The summed E-state index contributed by atoms with van der Waals surface area (Å²) in [5.74, 6) is 0.765. The van der Waals surface area contributed by atoms with Crippen molar-refractivity contribution in [2.75, 3.05) is 6.54 Å². The summed E-state index contributed by atoms with van der Waals surface area (Å²) in [6.07, 6.45) is 1.60. The molecule has 8 nitrogen and oxygen atoms in total. The maximum atomic E-state index is 11.1. The van der Waals surface area contributed by atoms with Crippen LogP contribution in [0.25, 0.3) is 4.96 Å². The third kappa shape index (κ3) is 3.45. The highest BCUT2D eigenvalue weighted by molar-refractivity contribution is 7.17. The first-order chi connectivity index (χ1) is 15.0. The van der Waals surface area contributed by atoms with Crippen molar-refractivity contribution < 1.29 is 10.0 Å². The highest BCUT2D eigenvalue weighted by Crippen LogP contribution is 2.41. The van der Waals surface area contributed by atoms with E-state index in [0.717, 1.165) is 30.0 Å². The van der Waals surface area contributed by atoms with Crippen molar-refractivity contribution >= 4 is 22.0 Å². The second-order valence-electron chi connectivity index (χ2n) is 7.61. The molecule has 0 bridgehead atoms. The summed E-state index contributed by atoms with van der Waals surface area (Å²) >= 11 is 1.41. The van der Waals surface area contributed by atoms with E-state index in [0.29, 0.717) is 17.2 Å². The van der Waals surface area contributed by atoms with Gasteiger partial charge in [-0.15, -0.1) is 5.10 Å². The second-order valence-corrected chi connectivity index (χ2v) is 8.62. The standard InChI is InChI=1S/C22H21N5O3S/c1-2-18-23-22-26(24-18)21(28)20(31-22)19(15-7-9-17(10-8-15)27(29)30)25-12-11-14-5-3-4-6-16(14)13-25/h3-10,19,28H,2,11-13H2,1H3/t19-/m0/s1. The zero-order chi connectivity index (χ0) is 21.5. The van der Waals surface area contributed by atoms with Crippen LogP contribution >= 0.6 is 11.3 Å². The summed E-state index contributed by atoms with van der Waals surface area (Å²) < 4.78 is 1.50. The lowest BCUT2D eigenvalue weighted by molar-refractivity contribution is -0.384. The number of fused-ring (bicyclic) bond motifs is 2. The molecule has 0 aliphatic carbocycles. The minimum absolute atomic E-state index is 0.0472. The molecule has 1 aliphatic rings. The Hall–Kier alpha value is -3.30. The molecule has 4 aromatic rings. The van der Waals surface area contributed by atoms with Crippen molar-refractivity contribution in [1.82, 2.24) is 19.5 Å². The Labute approximate surface area is 182 Å². The monoisotopic (exact) mass is 435 g/mol. The van der Waals surface area contributed by atoms with E-state index in [9.17, 15) is 15.2 Å². The molecule has 0 unspecified atom stereocenters. The van der Waals surface area contributed by atoms with Crippen LogP contribution in [0.4, 0.5) is 5.69 Å². The number of non-ortho nitro benzene ring substituents is 1. The lowest BCUT2D eigenvalue weighted by Gasteiger charge is -2.35. The molecule has 31 heavy (non-hydrogen) atoms. The Morgan fingerprint density at radius 2 is 1.94 bits per heavy atom. The number of aromatic hydroxyl groups is 1. The van der Waals surface area contributed by atoms with Crippen LogP contribution in [0.2, 0.25) is 0 Å². The molecule has 2 aromatic heterocycles. The van der Waals surface area contributed by atoms with Crippen molar-refractivity contribution in [2.24, 2.45) is 0 Å². The van der Waals surface area contributed by atoms with Crippen LogP contribution in [0.15, 0.2) is 48.5 Å². The van der Waals surface area contributed by atoms with Crippen LogP contribution in [0.5, 0.6) is 5.88 Å². The van der Waals surface area contributed by atoms with E-state index in [4.69, 9.17) is 0 Å². The van der Waals surface area contributed by atoms with Gasteiger partial charge in [-0.3, -0.25) is 15.0 Å². The molecule has 2 aromatic carbocycles. The zero-order valence-corrected chi connectivity index (χ0v) is 17.7. The zero-order valence-electron chi connectivity index (χ0n) is 16.9. The van der Waals surface area contributed by atoms with Gasteiger partial charge in [-0.25, -0.2) is 4.98 Å². The predicted octanol–water partition coefficient (Wildman–Crippen LogP) is 4.11. The van der Waals surface area contributed by atoms with E-state index in [1.807, 2.05) is 13.0 Å². The number of aromatic nitrogens is 3. The number of thiazole rings is 1. The van der Waals surface area contributed by atoms with Crippen molar-refractivity contribution in [2.45, 2.75) is 32.4 Å². The van der Waals surface area contributed by atoms with Gasteiger partial charge in [-0.05, 0) is 23.1 Å². The molecule has 1 N–H and O–H groups in total. The molecule has 0 spiro atoms. The number of benzene rings is 2. The van der Waals surface area contributed by atoms with Crippen molar-refractivity contribution in [1.29, 1.82) is 0 Å². The molecular formula is C22H21N5O3S. The molecule has 0 saturated heterocycles. The molecule has 5 rings (SSSR count). The number of nitro benzene ring substituents is 1. The van der Waals surface area contributed by atoms with Gasteiger partial charge in [0, 0.05) is 31.6 Å². The van der Waals surface area contributed by atoms with Gasteiger partial charge < -0.3 is 5.11 Å². The maximum absolute atomic E-state index is 11.1. The van der Waals surface area contributed by atoms with Crippen molar-refractivity contribution in [3.63, 3.8) is 0 Å². The van der Waals surface area contributed by atoms with Gasteiger partial charge in [-0.1, -0.05) is 54.7 Å². The highest BCUT2D eigenvalue weighted by atomic mass is 32.1. The number of nitrogens with zero attached hydrogens (tertiary/aromatic N) is 5. The third-order valence-electron chi connectivity index (χ3n) is 5.75. The minimum atomic E-state index is -0.400. The second kappa shape index (κ2) is 7.75. The van der Waals surface area contributed by atoms with Gasteiger partial charge >= 0.3 is 0 Å². The largest absolute Gasteiger partial charge is 0.492 e. The van der Waals surface area contributed by atoms with E-state index in [1.165, 1.54) is 39.1 Å². The first-order valence-electron chi connectivity index (χ1n) is 10.2. The Bertz CT molecular complexity index is 1260. The number of nitro groups is 1. The summed E-state index contributed by atoms with van der Waals surface area (Å²) in [5, 5.41) is 26.6. The normalized spacial score (nSPS) is 15.1. The van der Waals surface area contributed by atoms with Crippen LogP contribution in [-0.4, -0.2) is 36.1 Å². The van der Waals surface area contributed by atoms with E-state index in [1.54, 1.807) is 12.1 Å². The number of aryl methyl sites for hydroxylation is 1. The Balaban J connectivity index is 1.60. The lowest BCUT2D eigenvalue weighted by atomic mass is 9.95. The highest BCUT2D eigenvalue weighted by Gasteiger charge is 2.32. The molecule has 0 amide bonds. The van der Waals surface area contributed by atoms with E-state index in [-0.39, 0.29) is 17.6 Å². The molecule has 0 radical (unpaired) electrons. The van der Waals surface area contributed by atoms with Gasteiger partial charge in [0.15, 0.2) is 5.82 Å². The molecule has 1 aliphatic heterocycles. The number of rotatable bonds is 5. The van der Waals surface area contributed by atoms with Gasteiger partial charge in [0.05, 0.1) is 15.8 Å². The number of hydrogen-bond acceptors (Lipinski definition) is 7. The van der Waals surface area contributed by atoms with Crippen LogP contribution in [0.3, 0.4) is 0 Å². The van der Waals surface area contributed by atoms with E-state index < -0.39 is 4.92 Å².